The van der Waals surface area contributed by atoms with Crippen LogP contribution in [0.1, 0.15) is 25.1 Å². The lowest BCUT2D eigenvalue weighted by atomic mass is 9.84. The Bertz CT molecular complexity index is 357. The van der Waals surface area contributed by atoms with Gasteiger partial charge in [-0.2, -0.15) is 0 Å². The number of hydrogen-bond acceptors (Lipinski definition) is 5. The molecule has 1 aromatic rings. The molecule has 0 spiro atoms. The maximum Gasteiger partial charge on any atom is 0.311 e. The molecule has 6 nitrogen and oxygen atoms in total. The minimum Gasteiger partial charge on any atom is -0.481 e. The van der Waals surface area contributed by atoms with E-state index in [4.69, 9.17) is 10.2 Å². The Labute approximate surface area is 92.6 Å². The zero-order valence-electron chi connectivity index (χ0n) is 8.87. The van der Waals surface area contributed by atoms with Crippen LogP contribution >= 0.6 is 0 Å². The first-order valence-corrected chi connectivity index (χ1v) is 4.78. The lowest BCUT2D eigenvalue weighted by Crippen LogP contribution is -2.33. The van der Waals surface area contributed by atoms with Crippen LogP contribution in [0.3, 0.4) is 0 Å². The number of aromatic nitrogens is 2. The van der Waals surface area contributed by atoms with Crippen molar-refractivity contribution in [2.45, 2.75) is 19.4 Å². The van der Waals surface area contributed by atoms with Gasteiger partial charge in [0.25, 0.3) is 0 Å². The molecule has 0 bridgehead atoms. The second-order valence-electron chi connectivity index (χ2n) is 3.87. The summed E-state index contributed by atoms with van der Waals surface area (Å²) in [5.74, 6) is -1.15. The SMILES string of the molecule is CC(CO)(CC(O)c1cnccn1)C(=O)O. The van der Waals surface area contributed by atoms with Gasteiger partial charge in [-0.15, -0.1) is 0 Å². The second kappa shape index (κ2) is 5.00. The Balaban J connectivity index is 2.78. The Kier molecular flexibility index (Phi) is 3.92. The third-order valence-electron chi connectivity index (χ3n) is 2.43. The molecule has 0 radical (unpaired) electrons. The Hall–Kier alpha value is -1.53. The molecule has 2 unspecified atom stereocenters. The molecule has 0 amide bonds. The van der Waals surface area contributed by atoms with Gasteiger partial charge in [0.2, 0.25) is 0 Å². The number of nitrogens with zero attached hydrogens (tertiary/aromatic N) is 2. The molecule has 1 heterocycles. The Morgan fingerprint density at radius 1 is 1.56 bits per heavy atom. The summed E-state index contributed by atoms with van der Waals surface area (Å²) in [6.45, 7) is 0.828. The van der Waals surface area contributed by atoms with E-state index in [0.717, 1.165) is 0 Å². The summed E-state index contributed by atoms with van der Waals surface area (Å²) in [6.07, 6.45) is 3.07. The Morgan fingerprint density at radius 3 is 2.69 bits per heavy atom. The lowest BCUT2D eigenvalue weighted by Gasteiger charge is -2.24. The fourth-order valence-electron chi connectivity index (χ4n) is 1.23. The first-order valence-electron chi connectivity index (χ1n) is 4.78. The van der Waals surface area contributed by atoms with Gasteiger partial charge in [0.05, 0.1) is 30.0 Å². The van der Waals surface area contributed by atoms with Crippen molar-refractivity contribution in [1.82, 2.24) is 9.97 Å². The van der Waals surface area contributed by atoms with Crippen molar-refractivity contribution in [3.63, 3.8) is 0 Å². The van der Waals surface area contributed by atoms with Gasteiger partial charge in [0, 0.05) is 12.4 Å². The van der Waals surface area contributed by atoms with Gasteiger partial charge in [-0.05, 0) is 13.3 Å². The van der Waals surface area contributed by atoms with E-state index in [-0.39, 0.29) is 6.42 Å². The highest BCUT2D eigenvalue weighted by Gasteiger charge is 2.35. The fourth-order valence-corrected chi connectivity index (χ4v) is 1.23. The number of carboxylic acids is 1. The van der Waals surface area contributed by atoms with E-state index in [1.807, 2.05) is 0 Å². The number of aliphatic hydroxyl groups excluding tert-OH is 2. The highest BCUT2D eigenvalue weighted by atomic mass is 16.4. The van der Waals surface area contributed by atoms with Crippen molar-refractivity contribution in [1.29, 1.82) is 0 Å². The van der Waals surface area contributed by atoms with Crippen LogP contribution in [0.4, 0.5) is 0 Å². The zero-order chi connectivity index (χ0) is 12.2. The van der Waals surface area contributed by atoms with Gasteiger partial charge in [0.15, 0.2) is 0 Å². The summed E-state index contributed by atoms with van der Waals surface area (Å²) in [7, 11) is 0. The van der Waals surface area contributed by atoms with Crippen LogP contribution in [0.5, 0.6) is 0 Å². The van der Waals surface area contributed by atoms with Crippen LogP contribution in [0.15, 0.2) is 18.6 Å². The summed E-state index contributed by atoms with van der Waals surface area (Å²) in [6, 6.07) is 0. The molecule has 2 atom stereocenters. The van der Waals surface area contributed by atoms with Crippen LogP contribution in [0.2, 0.25) is 0 Å². The van der Waals surface area contributed by atoms with Gasteiger partial charge in [-0.1, -0.05) is 0 Å². The van der Waals surface area contributed by atoms with Crippen LogP contribution < -0.4 is 0 Å². The largest absolute Gasteiger partial charge is 0.481 e. The van der Waals surface area contributed by atoms with E-state index >= 15 is 0 Å². The fraction of sp³-hybridized carbons (Fsp3) is 0.500. The van der Waals surface area contributed by atoms with Gasteiger partial charge < -0.3 is 15.3 Å². The highest BCUT2D eigenvalue weighted by molar-refractivity contribution is 5.74. The summed E-state index contributed by atoms with van der Waals surface area (Å²) < 4.78 is 0. The van der Waals surface area contributed by atoms with Crippen molar-refractivity contribution in [3.8, 4) is 0 Å². The molecular formula is C10H14N2O4. The molecular weight excluding hydrogens is 212 g/mol. The predicted octanol–water partition coefficient (Wildman–Crippen LogP) is -0.0167. The van der Waals surface area contributed by atoms with Crippen LogP contribution in [-0.2, 0) is 4.79 Å². The van der Waals surface area contributed by atoms with Crippen molar-refractivity contribution in [3.05, 3.63) is 24.3 Å². The molecule has 0 aliphatic heterocycles. The Morgan fingerprint density at radius 2 is 2.25 bits per heavy atom. The summed E-state index contributed by atoms with van der Waals surface area (Å²) in [4.78, 5) is 18.6. The monoisotopic (exact) mass is 226 g/mol. The van der Waals surface area contributed by atoms with Crippen molar-refractivity contribution in [2.24, 2.45) is 5.41 Å². The summed E-state index contributed by atoms with van der Waals surface area (Å²) >= 11 is 0. The number of aliphatic hydroxyl groups is 2. The molecule has 16 heavy (non-hydrogen) atoms. The minimum atomic E-state index is -1.38. The molecule has 0 fully saturated rings. The predicted molar refractivity (Wildman–Crippen MR) is 54.4 cm³/mol. The minimum absolute atomic E-state index is 0.114. The van der Waals surface area contributed by atoms with Crippen molar-refractivity contribution < 1.29 is 20.1 Å². The quantitative estimate of drug-likeness (QED) is 0.652. The molecule has 6 heteroatoms. The first kappa shape index (κ1) is 12.5. The van der Waals surface area contributed by atoms with Crippen molar-refractivity contribution >= 4 is 5.97 Å². The molecule has 1 rings (SSSR count). The van der Waals surface area contributed by atoms with E-state index in [1.54, 1.807) is 0 Å². The first-order chi connectivity index (χ1) is 7.49. The molecule has 0 saturated heterocycles. The van der Waals surface area contributed by atoms with Gasteiger partial charge >= 0.3 is 5.97 Å². The van der Waals surface area contributed by atoms with Crippen LogP contribution in [0.25, 0.3) is 0 Å². The van der Waals surface area contributed by atoms with Crippen LogP contribution in [0, 0.1) is 5.41 Å². The average Bonchev–Trinajstić information content (AvgIpc) is 2.29. The molecule has 3 N–H and O–H groups in total. The van der Waals surface area contributed by atoms with E-state index in [9.17, 15) is 9.90 Å². The standard InChI is InChI=1S/C10H14N2O4/c1-10(6-13,9(15)16)4-8(14)7-5-11-2-3-12-7/h2-3,5,8,13-14H,4,6H2,1H3,(H,15,16). The van der Waals surface area contributed by atoms with E-state index in [0.29, 0.717) is 5.69 Å². The zero-order valence-corrected chi connectivity index (χ0v) is 8.87. The number of aliphatic carboxylic acids is 1. The maximum atomic E-state index is 10.9. The number of carbonyl (C=O) groups is 1. The molecule has 0 aromatic carbocycles. The summed E-state index contributed by atoms with van der Waals surface area (Å²) in [5, 5.41) is 27.7. The normalized spacial score (nSPS) is 16.4. The van der Waals surface area contributed by atoms with E-state index < -0.39 is 24.1 Å². The molecule has 0 saturated carbocycles. The smallest absolute Gasteiger partial charge is 0.311 e. The van der Waals surface area contributed by atoms with E-state index in [1.165, 1.54) is 25.5 Å². The van der Waals surface area contributed by atoms with Gasteiger partial charge in [0.1, 0.15) is 0 Å². The second-order valence-corrected chi connectivity index (χ2v) is 3.87. The highest BCUT2D eigenvalue weighted by Crippen LogP contribution is 2.29. The molecule has 1 aromatic heterocycles. The third kappa shape index (κ3) is 2.74. The van der Waals surface area contributed by atoms with Gasteiger partial charge in [-0.25, -0.2) is 0 Å². The average molecular weight is 226 g/mol. The number of carboxylic acid groups (broad SMARTS) is 1. The molecule has 0 aliphatic rings. The molecule has 88 valence electrons. The summed E-state index contributed by atoms with van der Waals surface area (Å²) in [5.41, 5.74) is -1.08. The third-order valence-corrected chi connectivity index (χ3v) is 2.43. The maximum absolute atomic E-state index is 10.9. The molecule has 0 aliphatic carbocycles. The van der Waals surface area contributed by atoms with Crippen molar-refractivity contribution in [2.75, 3.05) is 6.61 Å². The van der Waals surface area contributed by atoms with Crippen LogP contribution in [-0.4, -0.2) is 37.9 Å². The van der Waals surface area contributed by atoms with E-state index in [2.05, 4.69) is 9.97 Å². The lowest BCUT2D eigenvalue weighted by molar-refractivity contribution is -0.152. The topological polar surface area (TPSA) is 104 Å². The number of hydrogen-bond donors (Lipinski definition) is 3. The number of rotatable bonds is 5. The van der Waals surface area contributed by atoms with Gasteiger partial charge in [-0.3, -0.25) is 14.8 Å².